The minimum absolute atomic E-state index is 0.0138. The molecule has 80 valence electrons. The van der Waals surface area contributed by atoms with E-state index in [1.54, 1.807) is 4.90 Å². The van der Waals surface area contributed by atoms with Crippen molar-refractivity contribution < 1.29 is 14.6 Å². The van der Waals surface area contributed by atoms with Gasteiger partial charge in [0.05, 0.1) is 25.2 Å². The quantitative estimate of drug-likeness (QED) is 0.612. The summed E-state index contributed by atoms with van der Waals surface area (Å²) in [7, 11) is 0. The Kier molecular flexibility index (Phi) is 2.08. The summed E-state index contributed by atoms with van der Waals surface area (Å²) < 4.78 is 5.57. The fraction of sp³-hybridized carbons (Fsp3) is 0.900. The topological polar surface area (TPSA) is 49.8 Å². The van der Waals surface area contributed by atoms with E-state index in [1.807, 2.05) is 20.8 Å². The summed E-state index contributed by atoms with van der Waals surface area (Å²) in [5.41, 5.74) is -0.0888. The molecular weight excluding hydrogens is 182 g/mol. The van der Waals surface area contributed by atoms with Crippen LogP contribution in [0.25, 0.3) is 0 Å². The van der Waals surface area contributed by atoms with Gasteiger partial charge in [0, 0.05) is 5.41 Å². The van der Waals surface area contributed by atoms with E-state index >= 15 is 0 Å². The van der Waals surface area contributed by atoms with E-state index in [9.17, 15) is 9.90 Å². The normalized spacial score (nSPS) is 37.9. The van der Waals surface area contributed by atoms with Crippen LogP contribution in [-0.2, 0) is 9.53 Å². The fourth-order valence-corrected chi connectivity index (χ4v) is 2.22. The highest BCUT2D eigenvalue weighted by atomic mass is 16.5. The van der Waals surface area contributed by atoms with Gasteiger partial charge < -0.3 is 14.7 Å². The van der Waals surface area contributed by atoms with Crippen LogP contribution in [0, 0.1) is 5.41 Å². The number of amides is 1. The van der Waals surface area contributed by atoms with Gasteiger partial charge in [-0.1, -0.05) is 20.8 Å². The van der Waals surface area contributed by atoms with Crippen LogP contribution >= 0.6 is 0 Å². The number of aliphatic hydroxyl groups excluding tert-OH is 1. The van der Waals surface area contributed by atoms with E-state index in [2.05, 4.69) is 0 Å². The molecule has 1 amide bonds. The summed E-state index contributed by atoms with van der Waals surface area (Å²) >= 11 is 0. The molecule has 14 heavy (non-hydrogen) atoms. The van der Waals surface area contributed by atoms with Crippen molar-refractivity contribution >= 4 is 5.91 Å². The average molecular weight is 199 g/mol. The van der Waals surface area contributed by atoms with Gasteiger partial charge in [-0.25, -0.2) is 0 Å². The molecular formula is C10H17NO3. The molecule has 3 atom stereocenters. The Balaban J connectivity index is 2.22. The van der Waals surface area contributed by atoms with Crippen molar-refractivity contribution in [2.75, 3.05) is 6.61 Å². The van der Waals surface area contributed by atoms with E-state index in [1.165, 1.54) is 0 Å². The smallest absolute Gasteiger partial charge is 0.227 e. The maximum absolute atomic E-state index is 11.6. The lowest BCUT2D eigenvalue weighted by Gasteiger charge is -2.32. The van der Waals surface area contributed by atoms with Crippen molar-refractivity contribution in [1.82, 2.24) is 4.90 Å². The summed E-state index contributed by atoms with van der Waals surface area (Å²) in [6.45, 7) is 6.59. The van der Waals surface area contributed by atoms with Crippen LogP contribution < -0.4 is 0 Å². The highest BCUT2D eigenvalue weighted by molar-refractivity contribution is 5.80. The van der Waals surface area contributed by atoms with Crippen molar-refractivity contribution in [1.29, 1.82) is 0 Å². The van der Waals surface area contributed by atoms with Crippen LogP contribution in [0.2, 0.25) is 0 Å². The molecule has 2 fully saturated rings. The van der Waals surface area contributed by atoms with Crippen LogP contribution in [0.5, 0.6) is 0 Å². The first-order valence-electron chi connectivity index (χ1n) is 5.02. The van der Waals surface area contributed by atoms with E-state index in [0.717, 1.165) is 0 Å². The lowest BCUT2D eigenvalue weighted by molar-refractivity contribution is -0.139. The number of hydrogen-bond acceptors (Lipinski definition) is 3. The Morgan fingerprint density at radius 3 is 2.71 bits per heavy atom. The van der Waals surface area contributed by atoms with E-state index in [0.29, 0.717) is 6.61 Å². The molecule has 0 aromatic rings. The third-order valence-corrected chi connectivity index (χ3v) is 2.89. The number of carbonyl (C=O) groups excluding carboxylic acids is 1. The van der Waals surface area contributed by atoms with E-state index in [4.69, 9.17) is 4.74 Å². The van der Waals surface area contributed by atoms with Crippen molar-refractivity contribution in [3.63, 3.8) is 0 Å². The summed E-state index contributed by atoms with van der Waals surface area (Å²) in [6.07, 6.45) is -0.479. The number of fused-ring (bicyclic) bond motifs is 1. The molecule has 0 aromatic heterocycles. The highest BCUT2D eigenvalue weighted by Gasteiger charge is 2.51. The number of carbonyl (C=O) groups is 1. The Bertz CT molecular complexity index is 259. The number of ether oxygens (including phenoxy) is 1. The lowest BCUT2D eigenvalue weighted by Crippen LogP contribution is -2.44. The Labute approximate surface area is 83.8 Å². The van der Waals surface area contributed by atoms with E-state index in [-0.39, 0.29) is 30.0 Å². The zero-order valence-electron chi connectivity index (χ0n) is 8.86. The Hall–Kier alpha value is -0.610. The Morgan fingerprint density at radius 1 is 1.50 bits per heavy atom. The predicted octanol–water partition coefficient (Wildman–Crippen LogP) is 0.351. The third-order valence-electron chi connectivity index (χ3n) is 2.89. The molecule has 0 spiro atoms. The summed E-state index contributed by atoms with van der Waals surface area (Å²) in [5, 5.41) is 9.61. The van der Waals surface area contributed by atoms with Gasteiger partial charge in [-0.05, 0) is 0 Å². The molecule has 0 bridgehead atoms. The molecule has 0 aromatic carbocycles. The standard InChI is InChI=1S/C10H17NO3/c1-10(2,3)9-11-6(5-14-9)7(12)4-8(11)13/h6-7,9,12H,4-5H2,1-3H3/t6-,7-,9-/m1/s1. The van der Waals surface area contributed by atoms with E-state index < -0.39 is 6.10 Å². The molecule has 0 saturated carbocycles. The lowest BCUT2D eigenvalue weighted by atomic mass is 9.93. The Morgan fingerprint density at radius 2 is 2.14 bits per heavy atom. The first-order valence-corrected chi connectivity index (χ1v) is 5.02. The molecule has 2 saturated heterocycles. The summed E-state index contributed by atoms with van der Waals surface area (Å²) in [5.74, 6) is 0.0138. The average Bonchev–Trinajstić information content (AvgIpc) is 2.53. The van der Waals surface area contributed by atoms with Gasteiger partial charge in [-0.3, -0.25) is 4.79 Å². The molecule has 4 nitrogen and oxygen atoms in total. The number of rotatable bonds is 0. The second kappa shape index (κ2) is 2.94. The van der Waals surface area contributed by atoms with Crippen LogP contribution in [0.15, 0.2) is 0 Å². The van der Waals surface area contributed by atoms with Crippen LogP contribution in [0.1, 0.15) is 27.2 Å². The fourth-order valence-electron chi connectivity index (χ4n) is 2.22. The highest BCUT2D eigenvalue weighted by Crippen LogP contribution is 2.36. The molecule has 2 heterocycles. The molecule has 0 aliphatic carbocycles. The predicted molar refractivity (Wildman–Crippen MR) is 50.5 cm³/mol. The van der Waals surface area contributed by atoms with Gasteiger partial charge >= 0.3 is 0 Å². The molecule has 2 aliphatic rings. The summed E-state index contributed by atoms with van der Waals surface area (Å²) in [4.78, 5) is 13.3. The second-order valence-electron chi connectivity index (χ2n) is 5.19. The van der Waals surface area contributed by atoms with Gasteiger partial charge in [0.2, 0.25) is 5.91 Å². The minimum Gasteiger partial charge on any atom is -0.390 e. The first kappa shape index (κ1) is 9.93. The number of hydrogen-bond donors (Lipinski definition) is 1. The zero-order chi connectivity index (χ0) is 10.5. The molecule has 2 rings (SSSR count). The first-order chi connectivity index (χ1) is 6.41. The third kappa shape index (κ3) is 1.33. The summed E-state index contributed by atoms with van der Waals surface area (Å²) in [6, 6.07) is -0.119. The SMILES string of the molecule is CC(C)(C)[C@H]1OC[C@@H]2[C@H](O)CC(=O)N21. The van der Waals surface area contributed by atoms with Crippen molar-refractivity contribution in [3.05, 3.63) is 0 Å². The van der Waals surface area contributed by atoms with Crippen molar-refractivity contribution in [3.8, 4) is 0 Å². The largest absolute Gasteiger partial charge is 0.390 e. The second-order valence-corrected chi connectivity index (χ2v) is 5.19. The maximum Gasteiger partial charge on any atom is 0.227 e. The molecule has 4 heteroatoms. The maximum atomic E-state index is 11.6. The zero-order valence-corrected chi connectivity index (χ0v) is 8.86. The molecule has 2 aliphatic heterocycles. The van der Waals surface area contributed by atoms with Gasteiger partial charge in [-0.2, -0.15) is 0 Å². The van der Waals surface area contributed by atoms with Gasteiger partial charge in [0.15, 0.2) is 0 Å². The minimum atomic E-state index is -0.546. The molecule has 0 unspecified atom stereocenters. The molecule has 0 radical (unpaired) electrons. The number of nitrogens with zero attached hydrogens (tertiary/aromatic N) is 1. The van der Waals surface area contributed by atoms with Gasteiger partial charge in [-0.15, -0.1) is 0 Å². The van der Waals surface area contributed by atoms with Crippen molar-refractivity contribution in [2.24, 2.45) is 5.41 Å². The van der Waals surface area contributed by atoms with Crippen LogP contribution in [0.4, 0.5) is 0 Å². The van der Waals surface area contributed by atoms with Crippen LogP contribution in [0.3, 0.4) is 0 Å². The van der Waals surface area contributed by atoms with Crippen molar-refractivity contribution in [2.45, 2.75) is 45.6 Å². The molecule has 1 N–H and O–H groups in total. The van der Waals surface area contributed by atoms with Gasteiger partial charge in [0.25, 0.3) is 0 Å². The monoisotopic (exact) mass is 199 g/mol. The van der Waals surface area contributed by atoms with Gasteiger partial charge in [0.1, 0.15) is 6.23 Å². The van der Waals surface area contributed by atoms with Crippen LogP contribution in [-0.4, -0.2) is 40.9 Å². The number of aliphatic hydroxyl groups is 1.